The van der Waals surface area contributed by atoms with Gasteiger partial charge in [-0.25, -0.2) is 4.98 Å². The summed E-state index contributed by atoms with van der Waals surface area (Å²) >= 11 is 0. The van der Waals surface area contributed by atoms with Crippen LogP contribution in [0.3, 0.4) is 0 Å². The smallest absolute Gasteiger partial charge is 0.255 e. The van der Waals surface area contributed by atoms with Crippen molar-refractivity contribution in [3.8, 4) is 0 Å². The molecule has 2 aliphatic heterocycles. The van der Waals surface area contributed by atoms with Crippen LogP contribution < -0.4 is 10.5 Å². The summed E-state index contributed by atoms with van der Waals surface area (Å²) in [6.07, 6.45) is 8.47. The van der Waals surface area contributed by atoms with Crippen molar-refractivity contribution >= 4 is 11.9 Å². The van der Waals surface area contributed by atoms with Crippen molar-refractivity contribution in [2.75, 3.05) is 24.5 Å². The number of carbonyl (C=O) groups is 1. The molecule has 24 heavy (non-hydrogen) atoms. The number of hydrogen-bond donors (Lipinski definition) is 1. The average Bonchev–Trinajstić information content (AvgIpc) is 3.28. The molecule has 1 saturated heterocycles. The molecule has 1 amide bonds. The van der Waals surface area contributed by atoms with Crippen LogP contribution in [0.25, 0.3) is 0 Å². The Morgan fingerprint density at radius 2 is 1.88 bits per heavy atom. The van der Waals surface area contributed by atoms with Crippen LogP contribution in [0.15, 0.2) is 4.79 Å². The summed E-state index contributed by atoms with van der Waals surface area (Å²) in [5, 5.41) is 0. The number of aromatic nitrogens is 2. The maximum atomic E-state index is 12.6. The predicted molar refractivity (Wildman–Crippen MR) is 92.0 cm³/mol. The second-order valence-corrected chi connectivity index (χ2v) is 7.43. The molecule has 6 heteroatoms. The quantitative estimate of drug-likeness (QED) is 0.918. The molecule has 4 rings (SSSR count). The summed E-state index contributed by atoms with van der Waals surface area (Å²) in [4.78, 5) is 36.6. The largest absolute Gasteiger partial charge is 0.342 e. The van der Waals surface area contributed by atoms with E-state index in [1.165, 1.54) is 25.7 Å². The maximum Gasteiger partial charge on any atom is 0.255 e. The van der Waals surface area contributed by atoms with Crippen molar-refractivity contribution in [1.29, 1.82) is 0 Å². The molecule has 130 valence electrons. The molecule has 1 saturated carbocycles. The Balaban J connectivity index is 1.50. The molecular weight excluding hydrogens is 304 g/mol. The number of nitrogens with one attached hydrogen (secondary N) is 1. The topological polar surface area (TPSA) is 69.3 Å². The van der Waals surface area contributed by atoms with Gasteiger partial charge in [0.2, 0.25) is 11.9 Å². The Labute approximate surface area is 142 Å². The number of carbonyl (C=O) groups excluding carboxylic acids is 1. The standard InChI is InChI=1S/C18H26N4O2/c23-16(11-13-5-1-2-6-13)22-10-7-14-15(12-22)19-18(20-17(14)24)21-8-3-4-9-21/h13H,1-12H2,(H,19,20,24). The van der Waals surface area contributed by atoms with E-state index in [0.29, 0.717) is 37.8 Å². The minimum absolute atomic E-state index is 0.0233. The van der Waals surface area contributed by atoms with Crippen molar-refractivity contribution in [1.82, 2.24) is 14.9 Å². The van der Waals surface area contributed by atoms with Gasteiger partial charge in [-0.3, -0.25) is 14.6 Å². The zero-order valence-corrected chi connectivity index (χ0v) is 14.2. The van der Waals surface area contributed by atoms with E-state index >= 15 is 0 Å². The van der Waals surface area contributed by atoms with Crippen LogP contribution in [0.1, 0.15) is 56.2 Å². The molecule has 2 fully saturated rings. The third kappa shape index (κ3) is 3.06. The van der Waals surface area contributed by atoms with Gasteiger partial charge in [0, 0.05) is 31.6 Å². The Bertz CT molecular complexity index is 672. The first kappa shape index (κ1) is 15.7. The lowest BCUT2D eigenvalue weighted by atomic mass is 10.0. The first-order chi connectivity index (χ1) is 11.7. The van der Waals surface area contributed by atoms with E-state index < -0.39 is 0 Å². The number of H-pyrrole nitrogens is 1. The van der Waals surface area contributed by atoms with Gasteiger partial charge in [0.25, 0.3) is 5.56 Å². The predicted octanol–water partition coefficient (Wildman–Crippen LogP) is 1.84. The number of anilines is 1. The van der Waals surface area contributed by atoms with E-state index in [0.717, 1.165) is 37.2 Å². The van der Waals surface area contributed by atoms with Gasteiger partial charge in [0.05, 0.1) is 12.2 Å². The molecular formula is C18H26N4O2. The molecule has 0 unspecified atom stereocenters. The highest BCUT2D eigenvalue weighted by Gasteiger charge is 2.28. The summed E-state index contributed by atoms with van der Waals surface area (Å²) in [6.45, 7) is 3.04. The Morgan fingerprint density at radius 3 is 2.62 bits per heavy atom. The van der Waals surface area contributed by atoms with Crippen molar-refractivity contribution in [3.05, 3.63) is 21.6 Å². The van der Waals surface area contributed by atoms with Crippen molar-refractivity contribution in [2.24, 2.45) is 5.92 Å². The fourth-order valence-corrected chi connectivity index (χ4v) is 4.31. The third-order valence-electron chi connectivity index (χ3n) is 5.76. The van der Waals surface area contributed by atoms with Gasteiger partial charge >= 0.3 is 0 Å². The highest BCUT2D eigenvalue weighted by molar-refractivity contribution is 5.76. The van der Waals surface area contributed by atoms with Gasteiger partial charge in [-0.1, -0.05) is 12.8 Å². The van der Waals surface area contributed by atoms with Crippen LogP contribution in [0, 0.1) is 5.92 Å². The molecule has 3 aliphatic rings. The van der Waals surface area contributed by atoms with Gasteiger partial charge < -0.3 is 9.80 Å². The molecule has 1 aromatic heterocycles. The average molecular weight is 330 g/mol. The molecule has 3 heterocycles. The Kier molecular flexibility index (Phi) is 4.29. The lowest BCUT2D eigenvalue weighted by Crippen LogP contribution is -2.40. The van der Waals surface area contributed by atoms with E-state index in [1.807, 2.05) is 4.90 Å². The fraction of sp³-hybridized carbons (Fsp3) is 0.722. The molecule has 6 nitrogen and oxygen atoms in total. The molecule has 0 atom stereocenters. The molecule has 0 spiro atoms. The van der Waals surface area contributed by atoms with Gasteiger partial charge in [-0.15, -0.1) is 0 Å². The zero-order chi connectivity index (χ0) is 16.5. The maximum absolute atomic E-state index is 12.6. The van der Waals surface area contributed by atoms with Crippen LogP contribution >= 0.6 is 0 Å². The van der Waals surface area contributed by atoms with Crippen LogP contribution in [0.5, 0.6) is 0 Å². The molecule has 1 aromatic rings. The monoisotopic (exact) mass is 330 g/mol. The molecule has 0 aromatic carbocycles. The van der Waals surface area contributed by atoms with Gasteiger partial charge in [0.15, 0.2) is 0 Å². The number of fused-ring (bicyclic) bond motifs is 1. The van der Waals surface area contributed by atoms with Crippen molar-refractivity contribution in [2.45, 2.75) is 57.9 Å². The minimum atomic E-state index is -0.0233. The Hall–Kier alpha value is -1.85. The number of amides is 1. The summed E-state index contributed by atoms with van der Waals surface area (Å²) in [5.41, 5.74) is 1.54. The zero-order valence-electron chi connectivity index (χ0n) is 14.2. The normalized spacial score (nSPS) is 21.3. The summed E-state index contributed by atoms with van der Waals surface area (Å²) in [7, 11) is 0. The van der Waals surface area contributed by atoms with Crippen LogP contribution in [0.4, 0.5) is 5.95 Å². The first-order valence-electron chi connectivity index (χ1n) is 9.35. The van der Waals surface area contributed by atoms with Crippen LogP contribution in [-0.2, 0) is 17.8 Å². The highest BCUT2D eigenvalue weighted by atomic mass is 16.2. The molecule has 0 radical (unpaired) electrons. The van der Waals surface area contributed by atoms with E-state index in [-0.39, 0.29) is 11.5 Å². The van der Waals surface area contributed by atoms with Crippen molar-refractivity contribution in [3.63, 3.8) is 0 Å². The molecule has 1 aliphatic carbocycles. The number of nitrogens with zero attached hydrogens (tertiary/aromatic N) is 3. The SMILES string of the molecule is O=C(CC1CCCC1)N1CCc2c(nc(N3CCCC3)[nH]c2=O)C1. The summed E-state index contributed by atoms with van der Waals surface area (Å²) in [6, 6.07) is 0. The highest BCUT2D eigenvalue weighted by Crippen LogP contribution is 2.29. The van der Waals surface area contributed by atoms with E-state index in [2.05, 4.69) is 9.88 Å². The molecule has 1 N–H and O–H groups in total. The number of rotatable bonds is 3. The minimum Gasteiger partial charge on any atom is -0.342 e. The fourth-order valence-electron chi connectivity index (χ4n) is 4.31. The number of aromatic amines is 1. The molecule has 0 bridgehead atoms. The summed E-state index contributed by atoms with van der Waals surface area (Å²) < 4.78 is 0. The van der Waals surface area contributed by atoms with E-state index in [4.69, 9.17) is 4.98 Å². The second kappa shape index (κ2) is 6.57. The first-order valence-corrected chi connectivity index (χ1v) is 9.35. The van der Waals surface area contributed by atoms with Crippen LogP contribution in [0.2, 0.25) is 0 Å². The summed E-state index contributed by atoms with van der Waals surface area (Å²) in [5.74, 6) is 1.48. The van der Waals surface area contributed by atoms with E-state index in [9.17, 15) is 9.59 Å². The second-order valence-electron chi connectivity index (χ2n) is 7.43. The van der Waals surface area contributed by atoms with Crippen LogP contribution in [-0.4, -0.2) is 40.4 Å². The Morgan fingerprint density at radius 1 is 1.12 bits per heavy atom. The number of hydrogen-bond acceptors (Lipinski definition) is 4. The van der Waals surface area contributed by atoms with Gasteiger partial charge in [-0.2, -0.15) is 0 Å². The third-order valence-corrected chi connectivity index (χ3v) is 5.76. The lowest BCUT2D eigenvalue weighted by molar-refractivity contribution is -0.133. The van der Waals surface area contributed by atoms with E-state index in [1.54, 1.807) is 0 Å². The lowest BCUT2D eigenvalue weighted by Gasteiger charge is -2.29. The van der Waals surface area contributed by atoms with Crippen molar-refractivity contribution < 1.29 is 4.79 Å². The van der Waals surface area contributed by atoms with Gasteiger partial charge in [-0.05, 0) is 38.0 Å². The van der Waals surface area contributed by atoms with Gasteiger partial charge in [0.1, 0.15) is 0 Å².